The molecule has 1 atom stereocenters. The zero-order valence-electron chi connectivity index (χ0n) is 15.8. The maximum atomic E-state index is 12.5. The molecule has 0 aliphatic rings. The summed E-state index contributed by atoms with van der Waals surface area (Å²) in [6, 6.07) is 12.1. The number of hydrogen-bond acceptors (Lipinski definition) is 3. The number of carbonyl (C=O) groups is 2. The summed E-state index contributed by atoms with van der Waals surface area (Å²) in [4.78, 5) is 24.9. The summed E-state index contributed by atoms with van der Waals surface area (Å²) >= 11 is 6.01. The first-order chi connectivity index (χ1) is 12.9. The van der Waals surface area contributed by atoms with Crippen LogP contribution in [0.15, 0.2) is 42.5 Å². The van der Waals surface area contributed by atoms with Crippen LogP contribution in [0.1, 0.15) is 42.6 Å². The molecule has 0 saturated carbocycles. The molecule has 27 heavy (non-hydrogen) atoms. The lowest BCUT2D eigenvalue weighted by Gasteiger charge is -2.17. The molecule has 144 valence electrons. The van der Waals surface area contributed by atoms with Crippen molar-refractivity contribution >= 4 is 29.1 Å². The number of carbonyl (C=O) groups excluding carboxylic acids is 2. The lowest BCUT2D eigenvalue weighted by molar-refractivity contribution is -0.122. The molecule has 0 aliphatic carbocycles. The number of aryl methyl sites for hydroxylation is 1. The molecule has 0 heterocycles. The van der Waals surface area contributed by atoms with Gasteiger partial charge in [0.2, 0.25) is 0 Å². The van der Waals surface area contributed by atoms with Crippen molar-refractivity contribution in [2.75, 3.05) is 11.9 Å². The predicted octanol–water partition coefficient (Wildman–Crippen LogP) is 4.58. The van der Waals surface area contributed by atoms with E-state index in [9.17, 15) is 9.59 Å². The fraction of sp³-hybridized carbons (Fsp3) is 0.333. The van der Waals surface area contributed by atoms with Crippen LogP contribution in [-0.4, -0.2) is 24.5 Å². The molecule has 0 bridgehead atoms. The summed E-state index contributed by atoms with van der Waals surface area (Å²) in [7, 11) is 0. The number of ether oxygens (including phenoxy) is 1. The van der Waals surface area contributed by atoms with E-state index in [4.69, 9.17) is 16.3 Å². The molecule has 2 aromatic carbocycles. The van der Waals surface area contributed by atoms with Crippen LogP contribution in [0, 0.1) is 6.92 Å². The van der Waals surface area contributed by atoms with Crippen LogP contribution in [0.5, 0.6) is 5.75 Å². The topological polar surface area (TPSA) is 67.4 Å². The van der Waals surface area contributed by atoms with Crippen LogP contribution < -0.4 is 15.4 Å². The Morgan fingerprint density at radius 2 is 1.93 bits per heavy atom. The average molecular weight is 389 g/mol. The predicted molar refractivity (Wildman–Crippen MR) is 109 cm³/mol. The van der Waals surface area contributed by atoms with Gasteiger partial charge in [-0.05, 0) is 56.2 Å². The van der Waals surface area contributed by atoms with Crippen LogP contribution >= 0.6 is 11.6 Å². The van der Waals surface area contributed by atoms with Crippen molar-refractivity contribution in [2.24, 2.45) is 0 Å². The molecule has 6 heteroatoms. The number of halogens is 1. The maximum Gasteiger partial charge on any atom is 0.265 e. The van der Waals surface area contributed by atoms with Gasteiger partial charge < -0.3 is 15.4 Å². The Hall–Kier alpha value is -2.53. The van der Waals surface area contributed by atoms with E-state index in [2.05, 4.69) is 17.6 Å². The minimum Gasteiger partial charge on any atom is -0.481 e. The van der Waals surface area contributed by atoms with E-state index in [1.165, 1.54) is 0 Å². The van der Waals surface area contributed by atoms with Gasteiger partial charge >= 0.3 is 0 Å². The third-order valence-electron chi connectivity index (χ3n) is 4.06. The van der Waals surface area contributed by atoms with Crippen molar-refractivity contribution in [2.45, 2.75) is 39.7 Å². The average Bonchev–Trinajstić information content (AvgIpc) is 2.65. The number of benzene rings is 2. The minimum atomic E-state index is -0.734. The summed E-state index contributed by atoms with van der Waals surface area (Å²) in [6.07, 6.45) is 1.17. The lowest BCUT2D eigenvalue weighted by atomic mass is 10.1. The molecule has 5 nitrogen and oxygen atoms in total. The molecule has 2 rings (SSSR count). The van der Waals surface area contributed by atoms with E-state index in [1.807, 2.05) is 6.92 Å². The molecule has 0 fully saturated rings. The van der Waals surface area contributed by atoms with Crippen molar-refractivity contribution in [3.8, 4) is 5.75 Å². The van der Waals surface area contributed by atoms with E-state index < -0.39 is 6.10 Å². The normalized spacial score (nSPS) is 11.6. The molecule has 0 unspecified atom stereocenters. The Morgan fingerprint density at radius 3 is 2.63 bits per heavy atom. The molecule has 0 aromatic heterocycles. The van der Waals surface area contributed by atoms with E-state index in [0.717, 1.165) is 18.4 Å². The summed E-state index contributed by atoms with van der Waals surface area (Å²) < 4.78 is 5.69. The number of nitrogens with one attached hydrogen (secondary N) is 2. The molecule has 2 amide bonds. The van der Waals surface area contributed by atoms with Gasteiger partial charge in [-0.1, -0.05) is 37.1 Å². The second-order valence-corrected chi connectivity index (χ2v) is 6.72. The van der Waals surface area contributed by atoms with E-state index >= 15 is 0 Å². The van der Waals surface area contributed by atoms with Crippen LogP contribution in [0.4, 0.5) is 5.69 Å². The molecule has 0 saturated heterocycles. The van der Waals surface area contributed by atoms with E-state index in [0.29, 0.717) is 28.6 Å². The van der Waals surface area contributed by atoms with Gasteiger partial charge in [-0.25, -0.2) is 0 Å². The highest BCUT2D eigenvalue weighted by Gasteiger charge is 2.18. The van der Waals surface area contributed by atoms with Crippen LogP contribution in [0.2, 0.25) is 5.02 Å². The van der Waals surface area contributed by atoms with Crippen LogP contribution in [-0.2, 0) is 4.79 Å². The summed E-state index contributed by atoms with van der Waals surface area (Å²) in [5, 5.41) is 6.28. The first-order valence-electron chi connectivity index (χ1n) is 9.03. The molecular formula is C21H25ClN2O3. The SMILES string of the molecule is CCCCNC(=O)c1ccccc1NC(=O)[C@H](C)Oc1ccc(Cl)c(C)c1. The summed E-state index contributed by atoms with van der Waals surface area (Å²) in [6.45, 7) is 6.19. The second kappa shape index (κ2) is 9.97. The number of amides is 2. The highest BCUT2D eigenvalue weighted by Crippen LogP contribution is 2.22. The smallest absolute Gasteiger partial charge is 0.265 e. The van der Waals surface area contributed by atoms with Crippen LogP contribution in [0.3, 0.4) is 0 Å². The highest BCUT2D eigenvalue weighted by molar-refractivity contribution is 6.31. The van der Waals surface area contributed by atoms with Gasteiger partial charge in [0.05, 0.1) is 11.3 Å². The third-order valence-corrected chi connectivity index (χ3v) is 4.48. The van der Waals surface area contributed by atoms with Crippen LogP contribution in [0.25, 0.3) is 0 Å². The standard InChI is InChI=1S/C21H25ClN2O3/c1-4-5-12-23-21(26)17-8-6-7-9-19(17)24-20(25)15(3)27-16-10-11-18(22)14(2)13-16/h6-11,13,15H,4-5,12H2,1-3H3,(H,23,26)(H,24,25)/t15-/m0/s1. The summed E-state index contributed by atoms with van der Waals surface area (Å²) in [5.74, 6) is 0.0165. The van der Waals surface area contributed by atoms with Gasteiger partial charge in [0.15, 0.2) is 6.10 Å². The number of rotatable bonds is 8. The lowest BCUT2D eigenvalue weighted by Crippen LogP contribution is -2.32. The molecule has 0 radical (unpaired) electrons. The first kappa shape index (κ1) is 20.8. The summed E-state index contributed by atoms with van der Waals surface area (Å²) in [5.41, 5.74) is 1.76. The minimum absolute atomic E-state index is 0.207. The van der Waals surface area contributed by atoms with Gasteiger partial charge in [-0.15, -0.1) is 0 Å². The molecule has 2 N–H and O–H groups in total. The van der Waals surface area contributed by atoms with Crippen molar-refractivity contribution in [3.05, 3.63) is 58.6 Å². The molecule has 2 aromatic rings. The van der Waals surface area contributed by atoms with Crippen molar-refractivity contribution in [1.29, 1.82) is 0 Å². The van der Waals surface area contributed by atoms with Gasteiger partial charge in [0, 0.05) is 11.6 Å². The largest absolute Gasteiger partial charge is 0.481 e. The third kappa shape index (κ3) is 6.00. The van der Waals surface area contributed by atoms with Crippen molar-refractivity contribution < 1.29 is 14.3 Å². The fourth-order valence-electron chi connectivity index (χ4n) is 2.45. The van der Waals surface area contributed by atoms with Gasteiger partial charge in [-0.3, -0.25) is 9.59 Å². The Kier molecular flexibility index (Phi) is 7.67. The number of anilines is 1. The Balaban J connectivity index is 2.04. The Bertz CT molecular complexity index is 808. The van der Waals surface area contributed by atoms with Gasteiger partial charge in [0.1, 0.15) is 5.75 Å². The molecule has 0 spiro atoms. The zero-order chi connectivity index (χ0) is 19.8. The molecular weight excluding hydrogens is 364 g/mol. The second-order valence-electron chi connectivity index (χ2n) is 6.32. The molecule has 0 aliphatic heterocycles. The Labute approximate surface area is 165 Å². The zero-order valence-corrected chi connectivity index (χ0v) is 16.6. The van der Waals surface area contributed by atoms with E-state index in [-0.39, 0.29) is 11.8 Å². The number of hydrogen-bond donors (Lipinski definition) is 2. The quantitative estimate of drug-likeness (QED) is 0.650. The highest BCUT2D eigenvalue weighted by atomic mass is 35.5. The van der Waals surface area contributed by atoms with Gasteiger partial charge in [0.25, 0.3) is 11.8 Å². The fourth-order valence-corrected chi connectivity index (χ4v) is 2.56. The monoisotopic (exact) mass is 388 g/mol. The first-order valence-corrected chi connectivity index (χ1v) is 9.41. The maximum absolute atomic E-state index is 12.5. The van der Waals surface area contributed by atoms with E-state index in [1.54, 1.807) is 49.4 Å². The Morgan fingerprint density at radius 1 is 1.19 bits per heavy atom. The van der Waals surface area contributed by atoms with Gasteiger partial charge in [-0.2, -0.15) is 0 Å². The number of unbranched alkanes of at least 4 members (excludes halogenated alkanes) is 1. The van der Waals surface area contributed by atoms with Crippen molar-refractivity contribution in [3.63, 3.8) is 0 Å². The van der Waals surface area contributed by atoms with Crippen molar-refractivity contribution in [1.82, 2.24) is 5.32 Å². The number of para-hydroxylation sites is 1.